The average Bonchev–Trinajstić information content (AvgIpc) is 4.02. The molecule has 14 nitrogen and oxygen atoms in total. The number of likely N-dealkylation sites (tertiary alicyclic amines) is 1. The second-order valence-corrected chi connectivity index (χ2v) is 15.7. The fraction of sp³-hybridized carbons (Fsp3) is 0.429. The second kappa shape index (κ2) is 16.8. The third-order valence-corrected chi connectivity index (χ3v) is 10.5. The molecule has 4 aromatic rings. The Labute approximate surface area is 328 Å². The fourth-order valence-electron chi connectivity index (χ4n) is 7.18. The van der Waals surface area contributed by atoms with Crippen LogP contribution in [0.4, 0.5) is 9.59 Å². The first-order valence-corrected chi connectivity index (χ1v) is 19.3. The molecule has 1 fully saturated rings. The standard InChI is InChI=1S/C42H54N10O4/c1-25(2)35(47-41(55)49(5)6)39(53)51-21-9-11-33(51)37-43-23-31(45-37)29-17-13-27(14-18-29)28-15-19-30(20-16-28)32-24-44-38(46-32)34-12-10-22-52(34)40(54)36(26(3)4)48-42(56)50(7)8/h9,11,13-20,23-26,33-36H,10,12,21-22H2,1-8H3,(H,43,45)(H,44,46)(H,47,55)(H,48,56)/t33?,34?,35?,36-/m0/s1. The molecule has 2 aromatic heterocycles. The van der Waals surface area contributed by atoms with Crippen molar-refractivity contribution in [3.05, 3.63) is 84.7 Å². The number of benzene rings is 2. The molecule has 0 bridgehead atoms. The van der Waals surface area contributed by atoms with Crippen LogP contribution in [0.15, 0.2) is 73.1 Å². The summed E-state index contributed by atoms with van der Waals surface area (Å²) in [6, 6.07) is 14.1. The molecule has 6 amide bonds. The topological polar surface area (TPSA) is 163 Å². The number of hydrogen-bond donors (Lipinski definition) is 4. The third kappa shape index (κ3) is 8.48. The predicted octanol–water partition coefficient (Wildman–Crippen LogP) is 5.83. The highest BCUT2D eigenvalue weighted by Gasteiger charge is 2.38. The molecule has 4 N–H and O–H groups in total. The van der Waals surface area contributed by atoms with Gasteiger partial charge < -0.3 is 40.2 Å². The molecular formula is C42H54N10O4. The number of rotatable bonds is 11. The number of carbonyl (C=O) groups excluding carboxylic acids is 4. The van der Waals surface area contributed by atoms with E-state index in [0.717, 1.165) is 52.3 Å². The summed E-state index contributed by atoms with van der Waals surface area (Å²) >= 11 is 0. The van der Waals surface area contributed by atoms with Crippen LogP contribution in [0.2, 0.25) is 0 Å². The van der Waals surface area contributed by atoms with E-state index < -0.39 is 12.1 Å². The molecule has 2 aliphatic heterocycles. The number of nitrogens with one attached hydrogen (secondary N) is 4. The number of nitrogens with zero attached hydrogens (tertiary/aromatic N) is 6. The third-order valence-electron chi connectivity index (χ3n) is 10.5. The molecule has 4 heterocycles. The average molecular weight is 763 g/mol. The summed E-state index contributed by atoms with van der Waals surface area (Å²) in [5.41, 5.74) is 5.77. The normalized spacial score (nSPS) is 17.7. The summed E-state index contributed by atoms with van der Waals surface area (Å²) in [6.07, 6.45) is 9.18. The van der Waals surface area contributed by atoms with Gasteiger partial charge in [-0.2, -0.15) is 0 Å². The van der Waals surface area contributed by atoms with Crippen LogP contribution in [0.1, 0.15) is 64.3 Å². The zero-order chi connectivity index (χ0) is 40.3. The molecule has 296 valence electrons. The summed E-state index contributed by atoms with van der Waals surface area (Å²) in [7, 11) is 6.63. The maximum atomic E-state index is 13.7. The minimum Gasteiger partial charge on any atom is -0.340 e. The van der Waals surface area contributed by atoms with Gasteiger partial charge >= 0.3 is 12.1 Å². The number of H-pyrrole nitrogens is 2. The van der Waals surface area contributed by atoms with Crippen LogP contribution >= 0.6 is 0 Å². The van der Waals surface area contributed by atoms with Crippen molar-refractivity contribution in [2.24, 2.45) is 11.8 Å². The minimum absolute atomic E-state index is 0.0635. The van der Waals surface area contributed by atoms with Gasteiger partial charge in [-0.25, -0.2) is 19.6 Å². The monoisotopic (exact) mass is 762 g/mol. The van der Waals surface area contributed by atoms with Crippen molar-refractivity contribution in [2.75, 3.05) is 41.3 Å². The van der Waals surface area contributed by atoms with Crippen LogP contribution in [0.25, 0.3) is 33.6 Å². The molecule has 14 heteroatoms. The molecule has 2 aliphatic rings. The predicted molar refractivity (Wildman–Crippen MR) is 216 cm³/mol. The van der Waals surface area contributed by atoms with Crippen LogP contribution in [0, 0.1) is 11.8 Å². The number of urea groups is 2. The van der Waals surface area contributed by atoms with Gasteiger partial charge in [0.15, 0.2) is 0 Å². The highest BCUT2D eigenvalue weighted by atomic mass is 16.2. The number of aromatic amines is 2. The van der Waals surface area contributed by atoms with E-state index in [9.17, 15) is 19.2 Å². The molecular weight excluding hydrogens is 709 g/mol. The summed E-state index contributed by atoms with van der Waals surface area (Å²) in [5, 5.41) is 5.76. The maximum Gasteiger partial charge on any atom is 0.317 e. The molecule has 0 spiro atoms. The summed E-state index contributed by atoms with van der Waals surface area (Å²) in [5.74, 6) is 1.01. The van der Waals surface area contributed by atoms with E-state index in [1.165, 1.54) is 9.80 Å². The van der Waals surface area contributed by atoms with E-state index in [4.69, 9.17) is 4.98 Å². The Balaban J connectivity index is 1.10. The van der Waals surface area contributed by atoms with Crippen LogP contribution in [-0.2, 0) is 9.59 Å². The van der Waals surface area contributed by atoms with Crippen molar-refractivity contribution in [1.29, 1.82) is 0 Å². The maximum absolute atomic E-state index is 13.7. The fourth-order valence-corrected chi connectivity index (χ4v) is 7.18. The van der Waals surface area contributed by atoms with Gasteiger partial charge in [0, 0.05) is 41.3 Å². The number of carbonyl (C=O) groups is 4. The number of imidazole rings is 2. The molecule has 0 aliphatic carbocycles. The number of hydrogen-bond acceptors (Lipinski definition) is 6. The smallest absolute Gasteiger partial charge is 0.317 e. The Hall–Kier alpha value is -5.92. The number of amides is 6. The summed E-state index contributed by atoms with van der Waals surface area (Å²) < 4.78 is 0. The molecule has 1 saturated heterocycles. The van der Waals surface area contributed by atoms with Gasteiger partial charge in [0.25, 0.3) is 0 Å². The quantitative estimate of drug-likeness (QED) is 0.141. The van der Waals surface area contributed by atoms with Crippen LogP contribution < -0.4 is 10.6 Å². The van der Waals surface area contributed by atoms with Crippen molar-refractivity contribution in [3.8, 4) is 33.6 Å². The first-order chi connectivity index (χ1) is 26.7. The Kier molecular flexibility index (Phi) is 12.0. The first-order valence-electron chi connectivity index (χ1n) is 19.3. The van der Waals surface area contributed by atoms with Crippen molar-refractivity contribution in [3.63, 3.8) is 0 Å². The molecule has 56 heavy (non-hydrogen) atoms. The van der Waals surface area contributed by atoms with Crippen LogP contribution in [0.3, 0.4) is 0 Å². The van der Waals surface area contributed by atoms with Gasteiger partial charge in [-0.3, -0.25) is 9.59 Å². The first kappa shape index (κ1) is 39.8. The van der Waals surface area contributed by atoms with Crippen molar-refractivity contribution in [2.45, 2.75) is 64.7 Å². The van der Waals surface area contributed by atoms with Crippen molar-refractivity contribution >= 4 is 23.9 Å². The van der Waals surface area contributed by atoms with Gasteiger partial charge in [-0.05, 0) is 46.9 Å². The Bertz CT molecular complexity index is 2050. The molecule has 4 atom stereocenters. The lowest BCUT2D eigenvalue weighted by atomic mass is 10.0. The SMILES string of the molecule is CC(C)C(NC(=O)N(C)C)C(=O)N1CC=CC1c1ncc(-c2ccc(-c3ccc(-c4cnc(C5CCCN5C(=O)[C@@H](NC(=O)N(C)C)C(C)C)[nH]4)cc3)cc2)[nH]1. The zero-order valence-electron chi connectivity index (χ0n) is 33.5. The van der Waals surface area contributed by atoms with Crippen LogP contribution in [0.5, 0.6) is 0 Å². The van der Waals surface area contributed by atoms with Crippen molar-refractivity contribution in [1.82, 2.24) is 50.2 Å². The summed E-state index contributed by atoms with van der Waals surface area (Å²) in [4.78, 5) is 74.8. The lowest BCUT2D eigenvalue weighted by molar-refractivity contribution is -0.136. The molecule has 0 saturated carbocycles. The number of aromatic nitrogens is 4. The highest BCUT2D eigenvalue weighted by Crippen LogP contribution is 2.34. The zero-order valence-corrected chi connectivity index (χ0v) is 33.5. The summed E-state index contributed by atoms with van der Waals surface area (Å²) in [6.45, 7) is 8.78. The van der Waals surface area contributed by atoms with Crippen molar-refractivity contribution < 1.29 is 19.2 Å². The Morgan fingerprint density at radius 1 is 0.679 bits per heavy atom. The lowest BCUT2D eigenvalue weighted by Crippen LogP contribution is -2.53. The second-order valence-electron chi connectivity index (χ2n) is 15.7. The van der Waals surface area contributed by atoms with Gasteiger partial charge in [0.05, 0.1) is 29.8 Å². The van der Waals surface area contributed by atoms with E-state index in [1.54, 1.807) is 39.3 Å². The van der Waals surface area contributed by atoms with E-state index in [2.05, 4.69) is 62.0 Å². The molecule has 3 unspecified atom stereocenters. The van der Waals surface area contributed by atoms with Gasteiger partial charge in [0.1, 0.15) is 29.8 Å². The van der Waals surface area contributed by atoms with E-state index in [0.29, 0.717) is 18.9 Å². The van der Waals surface area contributed by atoms with E-state index in [1.807, 2.05) is 63.1 Å². The molecule has 0 radical (unpaired) electrons. The van der Waals surface area contributed by atoms with E-state index >= 15 is 0 Å². The minimum atomic E-state index is -0.658. The van der Waals surface area contributed by atoms with E-state index in [-0.39, 0.29) is 47.8 Å². The Morgan fingerprint density at radius 3 is 1.61 bits per heavy atom. The Morgan fingerprint density at radius 2 is 1.12 bits per heavy atom. The lowest BCUT2D eigenvalue weighted by Gasteiger charge is -2.31. The highest BCUT2D eigenvalue weighted by molar-refractivity contribution is 5.88. The van der Waals surface area contributed by atoms with Gasteiger partial charge in [0.2, 0.25) is 11.8 Å². The molecule has 6 rings (SSSR count). The largest absolute Gasteiger partial charge is 0.340 e. The molecule has 2 aromatic carbocycles. The van der Waals surface area contributed by atoms with Gasteiger partial charge in [-0.1, -0.05) is 88.4 Å². The van der Waals surface area contributed by atoms with Gasteiger partial charge in [-0.15, -0.1) is 0 Å². The van der Waals surface area contributed by atoms with Crippen LogP contribution in [-0.4, -0.2) is 117 Å².